The normalized spacial score (nSPS) is 9.94. The first-order valence-electron chi connectivity index (χ1n) is 4.55. The Hall–Kier alpha value is -1.09. The van der Waals surface area contributed by atoms with Crippen LogP contribution in [0.5, 0.6) is 0 Å². The molecule has 17 heavy (non-hydrogen) atoms. The van der Waals surface area contributed by atoms with Gasteiger partial charge in [-0.05, 0) is 52.0 Å². The molecular weight excluding hydrogens is 322 g/mol. The van der Waals surface area contributed by atoms with Gasteiger partial charge in [0.2, 0.25) is 0 Å². The minimum absolute atomic E-state index is 0.304. The third-order valence-corrected chi connectivity index (χ3v) is 3.86. The van der Waals surface area contributed by atoms with Gasteiger partial charge in [-0.2, -0.15) is 5.26 Å². The Morgan fingerprint density at radius 2 is 2.24 bits per heavy atom. The zero-order valence-corrected chi connectivity index (χ0v) is 11.6. The van der Waals surface area contributed by atoms with E-state index < -0.39 is 0 Å². The first-order valence-corrected chi connectivity index (χ1v) is 6.54. The number of nitrogens with zero attached hydrogens (tertiary/aromatic N) is 3. The predicted octanol–water partition coefficient (Wildman–Crippen LogP) is 3.92. The number of hydrogen-bond donors (Lipinski definition) is 0. The van der Waals surface area contributed by atoms with Gasteiger partial charge in [0, 0.05) is 6.20 Å². The van der Waals surface area contributed by atoms with Crippen LogP contribution in [-0.2, 0) is 0 Å². The Kier molecular flexibility index (Phi) is 4.00. The van der Waals surface area contributed by atoms with Gasteiger partial charge in [0.15, 0.2) is 0 Å². The van der Waals surface area contributed by atoms with Crippen molar-refractivity contribution in [2.24, 2.45) is 0 Å². The van der Waals surface area contributed by atoms with Crippen LogP contribution in [0, 0.1) is 11.3 Å². The Balaban J connectivity index is 2.34. The van der Waals surface area contributed by atoms with Crippen LogP contribution in [0.15, 0.2) is 45.0 Å². The van der Waals surface area contributed by atoms with Gasteiger partial charge in [0.25, 0.3) is 0 Å². The smallest absolute Gasteiger partial charge is 0.131 e. The van der Waals surface area contributed by atoms with Crippen LogP contribution in [-0.4, -0.2) is 9.97 Å². The molecule has 2 aromatic rings. The quantitative estimate of drug-likeness (QED) is 0.785. The molecule has 0 amide bonds. The third kappa shape index (κ3) is 3.19. The number of hydrogen-bond acceptors (Lipinski definition) is 4. The van der Waals surface area contributed by atoms with Gasteiger partial charge in [-0.15, -0.1) is 0 Å². The lowest BCUT2D eigenvalue weighted by atomic mass is 10.3. The molecular formula is C11H5BrClN3S. The summed E-state index contributed by atoms with van der Waals surface area (Å²) in [6.45, 7) is 0. The van der Waals surface area contributed by atoms with Crippen molar-refractivity contribution in [1.82, 2.24) is 9.97 Å². The number of rotatable bonds is 2. The average molecular weight is 327 g/mol. The number of nitriles is 1. The number of pyridine rings is 2. The molecule has 2 aromatic heterocycles. The zero-order chi connectivity index (χ0) is 12.3. The summed E-state index contributed by atoms with van der Waals surface area (Å²) in [5, 5.41) is 10.6. The molecule has 0 bridgehead atoms. The lowest BCUT2D eigenvalue weighted by molar-refractivity contribution is 1.08. The Labute approximate surface area is 116 Å². The fraction of sp³-hybridized carbons (Fsp3) is 0. The molecule has 0 aliphatic heterocycles. The van der Waals surface area contributed by atoms with E-state index in [1.807, 2.05) is 18.2 Å². The van der Waals surface area contributed by atoms with Gasteiger partial charge in [0.05, 0.1) is 16.1 Å². The van der Waals surface area contributed by atoms with E-state index in [4.69, 9.17) is 16.9 Å². The summed E-state index contributed by atoms with van der Waals surface area (Å²) in [7, 11) is 0. The van der Waals surface area contributed by atoms with Crippen LogP contribution in [0.2, 0.25) is 5.15 Å². The van der Waals surface area contributed by atoms with Gasteiger partial charge in [-0.3, -0.25) is 0 Å². The van der Waals surface area contributed by atoms with Crippen LogP contribution < -0.4 is 0 Å². The van der Waals surface area contributed by atoms with E-state index in [9.17, 15) is 0 Å². The highest BCUT2D eigenvalue weighted by atomic mass is 79.9. The van der Waals surface area contributed by atoms with E-state index in [-0.39, 0.29) is 0 Å². The van der Waals surface area contributed by atoms with Crippen molar-refractivity contribution in [2.75, 3.05) is 0 Å². The first kappa shape index (κ1) is 12.4. The van der Waals surface area contributed by atoms with Crippen LogP contribution in [0.3, 0.4) is 0 Å². The highest BCUT2D eigenvalue weighted by molar-refractivity contribution is 9.10. The fourth-order valence-corrected chi connectivity index (χ4v) is 2.70. The summed E-state index contributed by atoms with van der Waals surface area (Å²) < 4.78 is 0.880. The number of aromatic nitrogens is 2. The van der Waals surface area contributed by atoms with Crippen molar-refractivity contribution in [3.8, 4) is 6.07 Å². The molecule has 0 spiro atoms. The maximum atomic E-state index is 8.84. The van der Waals surface area contributed by atoms with Crippen LogP contribution in [0.25, 0.3) is 0 Å². The van der Waals surface area contributed by atoms with Crippen molar-refractivity contribution in [3.05, 3.63) is 45.7 Å². The molecule has 0 unspecified atom stereocenters. The van der Waals surface area contributed by atoms with Crippen molar-refractivity contribution in [3.63, 3.8) is 0 Å². The number of halogens is 2. The highest BCUT2D eigenvalue weighted by Crippen LogP contribution is 2.31. The molecule has 3 nitrogen and oxygen atoms in total. The van der Waals surface area contributed by atoms with Crippen LogP contribution >= 0.6 is 39.3 Å². The Morgan fingerprint density at radius 1 is 1.41 bits per heavy atom. The summed E-state index contributed by atoms with van der Waals surface area (Å²) in [5.74, 6) is 0. The van der Waals surface area contributed by atoms with Gasteiger partial charge in [-0.25, -0.2) is 9.97 Å². The molecule has 0 fully saturated rings. The maximum Gasteiger partial charge on any atom is 0.131 e. The summed E-state index contributed by atoms with van der Waals surface area (Å²) in [5.41, 5.74) is 0.486. The minimum Gasteiger partial charge on any atom is -0.248 e. The van der Waals surface area contributed by atoms with Crippen molar-refractivity contribution < 1.29 is 0 Å². The predicted molar refractivity (Wildman–Crippen MR) is 70.0 cm³/mol. The van der Waals surface area contributed by atoms with Gasteiger partial charge in [-0.1, -0.05) is 11.6 Å². The van der Waals surface area contributed by atoms with Crippen LogP contribution in [0.4, 0.5) is 0 Å². The maximum absolute atomic E-state index is 8.84. The summed E-state index contributed by atoms with van der Waals surface area (Å²) in [6, 6.07) is 8.97. The van der Waals surface area contributed by atoms with Crippen LogP contribution in [0.1, 0.15) is 5.56 Å². The fourth-order valence-electron chi connectivity index (χ4n) is 1.14. The molecule has 0 aliphatic rings. The van der Waals surface area contributed by atoms with Crippen molar-refractivity contribution in [1.29, 1.82) is 5.26 Å². The second-order valence-corrected chi connectivity index (χ2v) is 5.27. The molecule has 84 valence electrons. The van der Waals surface area contributed by atoms with E-state index in [1.54, 1.807) is 12.3 Å². The summed E-state index contributed by atoms with van der Waals surface area (Å²) >= 11 is 10.6. The Bertz CT molecular complexity index is 598. The molecule has 0 radical (unpaired) electrons. The molecule has 0 aromatic carbocycles. The lowest BCUT2D eigenvalue weighted by Gasteiger charge is -2.03. The Morgan fingerprint density at radius 3 is 2.94 bits per heavy atom. The zero-order valence-electron chi connectivity index (χ0n) is 8.39. The second kappa shape index (κ2) is 5.50. The SMILES string of the molecule is N#Cc1cc(Cl)nc(Sc2ncccc2Br)c1. The van der Waals surface area contributed by atoms with E-state index in [1.165, 1.54) is 17.8 Å². The molecule has 0 N–H and O–H groups in total. The van der Waals surface area contributed by atoms with Crippen molar-refractivity contribution in [2.45, 2.75) is 10.1 Å². The summed E-state index contributed by atoms with van der Waals surface area (Å²) in [6.07, 6.45) is 1.70. The third-order valence-electron chi connectivity index (χ3n) is 1.83. The van der Waals surface area contributed by atoms with E-state index >= 15 is 0 Å². The summed E-state index contributed by atoms with van der Waals surface area (Å²) in [4.78, 5) is 8.34. The standard InChI is InChI=1S/C11H5BrClN3S/c12-8-2-1-3-15-11(8)17-10-5-7(6-14)4-9(13)16-10/h1-5H. The molecule has 0 saturated heterocycles. The van der Waals surface area contributed by atoms with Crippen molar-refractivity contribution >= 4 is 39.3 Å². The topological polar surface area (TPSA) is 49.6 Å². The minimum atomic E-state index is 0.304. The van der Waals surface area contributed by atoms with E-state index in [0.717, 1.165) is 9.50 Å². The van der Waals surface area contributed by atoms with Gasteiger partial charge >= 0.3 is 0 Å². The second-order valence-electron chi connectivity index (χ2n) is 3.02. The van der Waals surface area contributed by atoms with E-state index in [2.05, 4.69) is 25.9 Å². The molecule has 0 atom stereocenters. The van der Waals surface area contributed by atoms with Gasteiger partial charge < -0.3 is 0 Å². The molecule has 0 saturated carbocycles. The largest absolute Gasteiger partial charge is 0.248 e. The molecule has 6 heteroatoms. The monoisotopic (exact) mass is 325 g/mol. The molecule has 0 aliphatic carbocycles. The first-order chi connectivity index (χ1) is 8.19. The molecule has 2 heterocycles. The highest BCUT2D eigenvalue weighted by Gasteiger charge is 2.06. The molecule has 2 rings (SSSR count). The average Bonchev–Trinajstić information content (AvgIpc) is 2.31. The van der Waals surface area contributed by atoms with E-state index in [0.29, 0.717) is 15.7 Å². The lowest BCUT2D eigenvalue weighted by Crippen LogP contribution is -1.86. The van der Waals surface area contributed by atoms with Gasteiger partial charge in [0.1, 0.15) is 15.2 Å².